The fourth-order valence-electron chi connectivity index (χ4n) is 1.52. The molecule has 17 heavy (non-hydrogen) atoms. The lowest BCUT2D eigenvalue weighted by Crippen LogP contribution is -2.10. The first-order valence-electron chi connectivity index (χ1n) is 5.75. The van der Waals surface area contributed by atoms with Gasteiger partial charge in [-0.1, -0.05) is 48.5 Å². The fraction of sp³-hybridized carbons (Fsp3) is 0.143. The summed E-state index contributed by atoms with van der Waals surface area (Å²) in [4.78, 5) is 0. The van der Waals surface area contributed by atoms with Gasteiger partial charge in [0.05, 0.1) is 0 Å². The molecule has 2 rings (SSSR count). The zero-order valence-corrected chi connectivity index (χ0v) is 11.1. The Labute approximate surface area is 104 Å². The van der Waals surface area contributed by atoms with E-state index in [9.17, 15) is 0 Å². The van der Waals surface area contributed by atoms with Crippen molar-refractivity contribution >= 4 is 10.0 Å². The number of benzene rings is 2. The van der Waals surface area contributed by atoms with Crippen molar-refractivity contribution in [3.63, 3.8) is 0 Å². The van der Waals surface area contributed by atoms with Gasteiger partial charge in [-0.05, 0) is 24.1 Å². The van der Waals surface area contributed by atoms with Gasteiger partial charge in [0.2, 0.25) is 0 Å². The van der Waals surface area contributed by atoms with Gasteiger partial charge >= 0.3 is 10.0 Å². The molecule has 0 amide bonds. The molecule has 0 heterocycles. The Kier molecular flexibility index (Phi) is 4.81. The summed E-state index contributed by atoms with van der Waals surface area (Å²) in [7, 11) is -0.903. The molecular formula is C14H16O2Si. The van der Waals surface area contributed by atoms with Crippen LogP contribution in [0.25, 0.3) is 0 Å². The van der Waals surface area contributed by atoms with Gasteiger partial charge in [0.15, 0.2) is 0 Å². The zero-order valence-electron chi connectivity index (χ0n) is 9.71. The van der Waals surface area contributed by atoms with Crippen molar-refractivity contribution < 1.29 is 8.85 Å². The smallest absolute Gasteiger partial charge is 0.365 e. The normalized spacial score (nSPS) is 10.8. The van der Waals surface area contributed by atoms with Gasteiger partial charge in [-0.2, -0.15) is 0 Å². The van der Waals surface area contributed by atoms with E-state index in [1.165, 1.54) is 5.56 Å². The monoisotopic (exact) mass is 244 g/mol. The molecule has 0 aliphatic rings. The molecule has 0 radical (unpaired) electrons. The van der Waals surface area contributed by atoms with E-state index >= 15 is 0 Å². The largest absolute Gasteiger partial charge is 0.525 e. The quantitative estimate of drug-likeness (QED) is 0.573. The molecular weight excluding hydrogens is 228 g/mol. The maximum Gasteiger partial charge on any atom is 0.365 e. The number of hydrogen-bond acceptors (Lipinski definition) is 2. The first kappa shape index (κ1) is 11.9. The summed E-state index contributed by atoms with van der Waals surface area (Å²) in [5.74, 6) is 0.902. The molecule has 0 saturated heterocycles. The topological polar surface area (TPSA) is 18.5 Å². The third-order valence-corrected chi connectivity index (χ3v) is 3.34. The summed E-state index contributed by atoms with van der Waals surface area (Å²) in [5, 5.41) is 0. The molecule has 0 unspecified atom stereocenters. The third-order valence-electron chi connectivity index (χ3n) is 2.43. The molecule has 0 fully saturated rings. The van der Waals surface area contributed by atoms with Crippen LogP contribution in [-0.2, 0) is 10.8 Å². The third kappa shape index (κ3) is 4.42. The Morgan fingerprint density at radius 2 is 1.47 bits per heavy atom. The van der Waals surface area contributed by atoms with Crippen LogP contribution in [0.1, 0.15) is 5.56 Å². The average molecular weight is 244 g/mol. The molecule has 2 aromatic carbocycles. The second kappa shape index (κ2) is 6.88. The van der Waals surface area contributed by atoms with E-state index in [4.69, 9.17) is 8.85 Å². The lowest BCUT2D eigenvalue weighted by atomic mass is 10.2. The minimum Gasteiger partial charge on any atom is -0.525 e. The average Bonchev–Trinajstić information content (AvgIpc) is 2.41. The molecule has 0 saturated carbocycles. The standard InChI is InChI=1S/C14H16O2Si/c1-3-7-13(8-4-1)11-12-15-17-16-14-9-5-2-6-10-14/h1-10H,11-12,17H2. The van der Waals surface area contributed by atoms with Crippen molar-refractivity contribution in [1.29, 1.82) is 0 Å². The van der Waals surface area contributed by atoms with Gasteiger partial charge < -0.3 is 8.85 Å². The van der Waals surface area contributed by atoms with Gasteiger partial charge in [0.1, 0.15) is 5.75 Å². The summed E-state index contributed by atoms with van der Waals surface area (Å²) in [6.45, 7) is 0.739. The van der Waals surface area contributed by atoms with Crippen LogP contribution in [0, 0.1) is 0 Å². The van der Waals surface area contributed by atoms with E-state index < -0.39 is 10.0 Å². The predicted molar refractivity (Wildman–Crippen MR) is 71.7 cm³/mol. The Balaban J connectivity index is 1.61. The van der Waals surface area contributed by atoms with Crippen molar-refractivity contribution in [3.05, 3.63) is 66.2 Å². The van der Waals surface area contributed by atoms with Crippen LogP contribution in [-0.4, -0.2) is 16.6 Å². The van der Waals surface area contributed by atoms with Crippen molar-refractivity contribution in [3.8, 4) is 5.75 Å². The second-order valence-corrected chi connectivity index (χ2v) is 4.65. The van der Waals surface area contributed by atoms with Crippen molar-refractivity contribution in [2.45, 2.75) is 6.42 Å². The Bertz CT molecular complexity index is 375. The van der Waals surface area contributed by atoms with Crippen LogP contribution in [0.5, 0.6) is 5.75 Å². The lowest BCUT2D eigenvalue weighted by molar-refractivity contribution is 0.293. The summed E-state index contributed by atoms with van der Waals surface area (Å²) in [6, 6.07) is 20.2. The summed E-state index contributed by atoms with van der Waals surface area (Å²) >= 11 is 0. The molecule has 0 bridgehead atoms. The van der Waals surface area contributed by atoms with Crippen LogP contribution in [0.4, 0.5) is 0 Å². The molecule has 0 aliphatic carbocycles. The second-order valence-electron chi connectivity index (χ2n) is 3.72. The summed E-state index contributed by atoms with van der Waals surface area (Å²) in [5.41, 5.74) is 1.31. The highest BCUT2D eigenvalue weighted by molar-refractivity contribution is 6.19. The van der Waals surface area contributed by atoms with Crippen LogP contribution < -0.4 is 4.43 Å². The van der Waals surface area contributed by atoms with Gasteiger partial charge in [-0.25, -0.2) is 0 Å². The minimum atomic E-state index is -0.903. The maximum absolute atomic E-state index is 5.56. The first-order valence-corrected chi connectivity index (χ1v) is 6.90. The summed E-state index contributed by atoms with van der Waals surface area (Å²) in [6.07, 6.45) is 0.950. The van der Waals surface area contributed by atoms with E-state index in [2.05, 4.69) is 12.1 Å². The van der Waals surface area contributed by atoms with Gasteiger partial charge in [-0.3, -0.25) is 0 Å². The maximum atomic E-state index is 5.56. The van der Waals surface area contributed by atoms with Crippen molar-refractivity contribution in [2.75, 3.05) is 6.61 Å². The van der Waals surface area contributed by atoms with Crippen LogP contribution in [0.2, 0.25) is 0 Å². The number of hydrogen-bond donors (Lipinski definition) is 0. The molecule has 0 aromatic heterocycles. The number of para-hydroxylation sites is 1. The summed E-state index contributed by atoms with van der Waals surface area (Å²) < 4.78 is 11.1. The van der Waals surface area contributed by atoms with E-state index in [1.807, 2.05) is 48.5 Å². The first-order chi connectivity index (χ1) is 8.45. The molecule has 88 valence electrons. The lowest BCUT2D eigenvalue weighted by Gasteiger charge is -2.06. The van der Waals surface area contributed by atoms with E-state index in [1.54, 1.807) is 0 Å². The van der Waals surface area contributed by atoms with Crippen LogP contribution >= 0.6 is 0 Å². The molecule has 0 N–H and O–H groups in total. The number of rotatable bonds is 6. The van der Waals surface area contributed by atoms with E-state index in [-0.39, 0.29) is 0 Å². The highest BCUT2D eigenvalue weighted by Gasteiger charge is 1.94. The van der Waals surface area contributed by atoms with Gasteiger partial charge in [0.25, 0.3) is 0 Å². The molecule has 0 aliphatic heterocycles. The van der Waals surface area contributed by atoms with Crippen molar-refractivity contribution in [1.82, 2.24) is 0 Å². The Morgan fingerprint density at radius 1 is 0.824 bits per heavy atom. The van der Waals surface area contributed by atoms with Gasteiger partial charge in [-0.15, -0.1) is 0 Å². The molecule has 2 nitrogen and oxygen atoms in total. The van der Waals surface area contributed by atoms with Crippen LogP contribution in [0.15, 0.2) is 60.7 Å². The Hall–Kier alpha value is -1.58. The molecule has 2 aromatic rings. The SMILES string of the molecule is c1ccc(CCO[SiH2]Oc2ccccc2)cc1. The van der Waals surface area contributed by atoms with Crippen molar-refractivity contribution in [2.24, 2.45) is 0 Å². The zero-order chi connectivity index (χ0) is 11.8. The van der Waals surface area contributed by atoms with E-state index in [0.717, 1.165) is 18.8 Å². The predicted octanol–water partition coefficient (Wildman–Crippen LogP) is 2.32. The fourth-order valence-corrected chi connectivity index (χ4v) is 2.19. The Morgan fingerprint density at radius 3 is 2.18 bits per heavy atom. The van der Waals surface area contributed by atoms with Gasteiger partial charge in [0, 0.05) is 6.61 Å². The van der Waals surface area contributed by atoms with Crippen LogP contribution in [0.3, 0.4) is 0 Å². The van der Waals surface area contributed by atoms with E-state index in [0.29, 0.717) is 0 Å². The highest BCUT2D eigenvalue weighted by atomic mass is 28.3. The highest BCUT2D eigenvalue weighted by Crippen LogP contribution is 2.07. The molecule has 0 atom stereocenters. The molecule has 3 heteroatoms. The molecule has 0 spiro atoms. The minimum absolute atomic E-state index is 0.739.